The third-order valence-electron chi connectivity index (χ3n) is 1.96. The molecular weight excluding hydrogens is 98.1 g/mol. The largest absolute Gasteiger partial charge is 0.378 e. The Morgan fingerprint density at radius 2 is 2.38 bits per heavy atom. The Labute approximate surface area is 51.0 Å². The minimum absolute atomic E-state index is 0.722. The van der Waals surface area contributed by atoms with E-state index in [1.807, 2.05) is 0 Å². The van der Waals surface area contributed by atoms with E-state index in [0.29, 0.717) is 0 Å². The molecule has 1 atom stereocenters. The van der Waals surface area contributed by atoms with Crippen LogP contribution in [0.2, 0.25) is 0 Å². The van der Waals surface area contributed by atoms with E-state index < -0.39 is 0 Å². The van der Waals surface area contributed by atoms with Crippen LogP contribution in [0.4, 0.5) is 0 Å². The molecule has 1 aliphatic heterocycles. The Hall–Kier alpha value is -0.460. The number of rotatable bonds is 0. The summed E-state index contributed by atoms with van der Waals surface area (Å²) in [5, 5.41) is 0. The molecule has 0 aliphatic carbocycles. The smallest absolute Gasteiger partial charge is 0.0177 e. The number of nitrogens with zero attached hydrogens (tertiary/aromatic N) is 1. The Balaban J connectivity index is 2.57. The normalized spacial score (nSPS) is 29.5. The molecule has 0 aromatic rings. The maximum Gasteiger partial charge on any atom is 0.0177 e. The molecule has 1 nitrogen and oxygen atoms in total. The van der Waals surface area contributed by atoms with Crippen LogP contribution in [0.5, 0.6) is 0 Å². The van der Waals surface area contributed by atoms with Gasteiger partial charge in [-0.3, -0.25) is 0 Å². The zero-order valence-corrected chi connectivity index (χ0v) is 5.65. The topological polar surface area (TPSA) is 3.24 Å². The van der Waals surface area contributed by atoms with Crippen LogP contribution in [0.1, 0.15) is 13.3 Å². The predicted molar refractivity (Wildman–Crippen MR) is 35.6 cm³/mol. The molecule has 1 aliphatic rings. The van der Waals surface area contributed by atoms with Crippen LogP contribution in [0.3, 0.4) is 0 Å². The van der Waals surface area contributed by atoms with E-state index in [2.05, 4.69) is 25.5 Å². The molecule has 0 radical (unpaired) electrons. The Kier molecular flexibility index (Phi) is 1.28. The molecular formula is C7H13N. The summed E-state index contributed by atoms with van der Waals surface area (Å²) in [5.74, 6) is 0.722. The average Bonchev–Trinajstić information content (AvgIpc) is 1.98. The summed E-state index contributed by atoms with van der Waals surface area (Å²) in [6.07, 6.45) is 1.29. The maximum absolute atomic E-state index is 3.94. The molecule has 0 N–H and O–H groups in total. The molecule has 1 unspecified atom stereocenters. The molecule has 0 amide bonds. The van der Waals surface area contributed by atoms with Crippen LogP contribution < -0.4 is 0 Å². The highest BCUT2D eigenvalue weighted by Crippen LogP contribution is 2.23. The van der Waals surface area contributed by atoms with Crippen LogP contribution in [0.15, 0.2) is 12.3 Å². The van der Waals surface area contributed by atoms with Gasteiger partial charge in [0.15, 0.2) is 0 Å². The maximum atomic E-state index is 3.94. The quantitative estimate of drug-likeness (QED) is 0.457. The Morgan fingerprint density at radius 1 is 1.75 bits per heavy atom. The van der Waals surface area contributed by atoms with Crippen molar-refractivity contribution >= 4 is 0 Å². The van der Waals surface area contributed by atoms with Gasteiger partial charge in [0.25, 0.3) is 0 Å². The third-order valence-corrected chi connectivity index (χ3v) is 1.96. The first-order valence-electron chi connectivity index (χ1n) is 3.11. The van der Waals surface area contributed by atoms with E-state index >= 15 is 0 Å². The molecule has 0 saturated carbocycles. The second-order valence-corrected chi connectivity index (χ2v) is 2.60. The molecule has 1 fully saturated rings. The van der Waals surface area contributed by atoms with Gasteiger partial charge in [-0.05, 0) is 12.3 Å². The van der Waals surface area contributed by atoms with Gasteiger partial charge in [-0.1, -0.05) is 13.5 Å². The molecule has 46 valence electrons. The number of hydrogen-bond donors (Lipinski definition) is 0. The summed E-state index contributed by atoms with van der Waals surface area (Å²) in [6, 6.07) is 0. The Morgan fingerprint density at radius 3 is 2.50 bits per heavy atom. The van der Waals surface area contributed by atoms with Crippen molar-refractivity contribution in [1.29, 1.82) is 0 Å². The fourth-order valence-corrected chi connectivity index (χ4v) is 1.07. The fraction of sp³-hybridized carbons (Fsp3) is 0.714. The monoisotopic (exact) mass is 111 g/mol. The van der Waals surface area contributed by atoms with Crippen molar-refractivity contribution < 1.29 is 0 Å². The van der Waals surface area contributed by atoms with Gasteiger partial charge in [0, 0.05) is 19.3 Å². The molecule has 0 aromatic carbocycles. The lowest BCUT2D eigenvalue weighted by molar-refractivity contribution is 0.479. The lowest BCUT2D eigenvalue weighted by Gasteiger charge is -2.11. The number of allylic oxidation sites excluding steroid dienone is 1. The molecule has 0 aromatic heterocycles. The Bertz CT molecular complexity index is 95.0. The first-order chi connectivity index (χ1) is 3.72. The SMILES string of the molecule is C=C1C(C)CCN1C. The van der Waals surface area contributed by atoms with Crippen LogP contribution in [0, 0.1) is 5.92 Å². The van der Waals surface area contributed by atoms with Crippen molar-refractivity contribution in [1.82, 2.24) is 4.90 Å². The van der Waals surface area contributed by atoms with Crippen molar-refractivity contribution in [2.45, 2.75) is 13.3 Å². The van der Waals surface area contributed by atoms with E-state index in [1.165, 1.54) is 18.7 Å². The summed E-state index contributed by atoms with van der Waals surface area (Å²) < 4.78 is 0. The molecule has 8 heavy (non-hydrogen) atoms. The molecule has 1 heterocycles. The summed E-state index contributed by atoms with van der Waals surface area (Å²) >= 11 is 0. The highest BCUT2D eigenvalue weighted by Gasteiger charge is 2.17. The summed E-state index contributed by atoms with van der Waals surface area (Å²) in [6.45, 7) is 7.36. The van der Waals surface area contributed by atoms with Crippen LogP contribution >= 0.6 is 0 Å². The van der Waals surface area contributed by atoms with Gasteiger partial charge in [0.1, 0.15) is 0 Å². The highest BCUT2D eigenvalue weighted by molar-refractivity contribution is 5.02. The predicted octanol–water partition coefficient (Wildman–Crippen LogP) is 1.47. The van der Waals surface area contributed by atoms with Crippen LogP contribution in [0.25, 0.3) is 0 Å². The van der Waals surface area contributed by atoms with E-state index in [9.17, 15) is 0 Å². The summed E-state index contributed by atoms with van der Waals surface area (Å²) in [7, 11) is 2.10. The van der Waals surface area contributed by atoms with Crippen molar-refractivity contribution in [3.8, 4) is 0 Å². The first-order valence-corrected chi connectivity index (χ1v) is 3.11. The van der Waals surface area contributed by atoms with Crippen molar-refractivity contribution in [3.63, 3.8) is 0 Å². The molecule has 0 spiro atoms. The van der Waals surface area contributed by atoms with Gasteiger partial charge < -0.3 is 4.90 Å². The number of likely N-dealkylation sites (tertiary alicyclic amines) is 1. The second kappa shape index (κ2) is 1.81. The summed E-state index contributed by atoms with van der Waals surface area (Å²) in [4.78, 5) is 2.23. The minimum Gasteiger partial charge on any atom is -0.378 e. The van der Waals surface area contributed by atoms with E-state index in [0.717, 1.165) is 5.92 Å². The van der Waals surface area contributed by atoms with Crippen molar-refractivity contribution in [2.75, 3.05) is 13.6 Å². The van der Waals surface area contributed by atoms with Crippen LogP contribution in [-0.2, 0) is 0 Å². The number of hydrogen-bond acceptors (Lipinski definition) is 1. The van der Waals surface area contributed by atoms with E-state index in [-0.39, 0.29) is 0 Å². The van der Waals surface area contributed by atoms with Gasteiger partial charge in [-0.25, -0.2) is 0 Å². The minimum atomic E-state index is 0.722. The van der Waals surface area contributed by atoms with Crippen LogP contribution in [-0.4, -0.2) is 18.5 Å². The van der Waals surface area contributed by atoms with Gasteiger partial charge in [-0.2, -0.15) is 0 Å². The lowest BCUT2D eigenvalue weighted by Crippen LogP contribution is -2.09. The lowest BCUT2D eigenvalue weighted by atomic mass is 10.1. The first kappa shape index (κ1) is 5.67. The highest BCUT2D eigenvalue weighted by atomic mass is 15.1. The standard InChI is InChI=1S/C7H13N/c1-6-4-5-8(3)7(6)2/h6H,2,4-5H2,1,3H3. The zero-order valence-electron chi connectivity index (χ0n) is 5.65. The molecule has 0 bridgehead atoms. The van der Waals surface area contributed by atoms with Crippen molar-refractivity contribution in [2.24, 2.45) is 5.92 Å². The van der Waals surface area contributed by atoms with Gasteiger partial charge in [0.05, 0.1) is 0 Å². The molecule has 1 heteroatoms. The fourth-order valence-electron chi connectivity index (χ4n) is 1.07. The zero-order chi connectivity index (χ0) is 6.15. The molecule has 1 saturated heterocycles. The van der Waals surface area contributed by atoms with E-state index in [1.54, 1.807) is 0 Å². The third kappa shape index (κ3) is 0.726. The van der Waals surface area contributed by atoms with Crippen molar-refractivity contribution in [3.05, 3.63) is 12.3 Å². The van der Waals surface area contributed by atoms with E-state index in [4.69, 9.17) is 0 Å². The summed E-state index contributed by atoms with van der Waals surface area (Å²) in [5.41, 5.74) is 1.30. The van der Waals surface area contributed by atoms with Gasteiger partial charge in [-0.15, -0.1) is 0 Å². The van der Waals surface area contributed by atoms with Gasteiger partial charge in [0.2, 0.25) is 0 Å². The average molecular weight is 111 g/mol. The molecule has 1 rings (SSSR count). The second-order valence-electron chi connectivity index (χ2n) is 2.60. The van der Waals surface area contributed by atoms with Gasteiger partial charge >= 0.3 is 0 Å².